The highest BCUT2D eigenvalue weighted by atomic mass is 16.6. The Bertz CT molecular complexity index is 725. The molecule has 1 unspecified atom stereocenters. The van der Waals surface area contributed by atoms with E-state index in [0.29, 0.717) is 11.6 Å². The molecule has 9 heteroatoms. The van der Waals surface area contributed by atoms with Gasteiger partial charge in [-0.15, -0.1) is 0 Å². The number of alkyl carbamates (subject to hydrolysis) is 1. The van der Waals surface area contributed by atoms with Crippen LogP contribution in [0, 0.1) is 11.3 Å². The number of carbonyl (C=O) groups is 1. The van der Waals surface area contributed by atoms with Crippen LogP contribution in [-0.4, -0.2) is 36.4 Å². The Morgan fingerprint density at radius 3 is 2.65 bits per heavy atom. The van der Waals surface area contributed by atoms with Crippen molar-refractivity contribution in [2.45, 2.75) is 39.3 Å². The van der Waals surface area contributed by atoms with E-state index < -0.39 is 17.7 Å². The number of amides is 1. The highest BCUT2D eigenvalue weighted by Crippen LogP contribution is 2.14. The lowest BCUT2D eigenvalue weighted by Gasteiger charge is -2.21. The normalized spacial score (nSPS) is 12.3. The maximum atomic E-state index is 11.8. The van der Waals surface area contributed by atoms with E-state index in [1.54, 1.807) is 27.7 Å². The molecule has 0 radical (unpaired) electrons. The van der Waals surface area contributed by atoms with E-state index >= 15 is 0 Å². The topological polar surface area (TPSA) is 119 Å². The third kappa shape index (κ3) is 4.23. The summed E-state index contributed by atoms with van der Waals surface area (Å²) in [6.07, 6.45) is 3.55. The summed E-state index contributed by atoms with van der Waals surface area (Å²) in [5, 5.41) is 15.5. The monoisotopic (exact) mass is 315 g/mol. The molecule has 9 nitrogen and oxygen atoms in total. The molecule has 0 aliphatic carbocycles. The first-order valence-corrected chi connectivity index (χ1v) is 6.92. The van der Waals surface area contributed by atoms with Crippen molar-refractivity contribution in [1.82, 2.24) is 30.0 Å². The largest absolute Gasteiger partial charge is 0.444 e. The van der Waals surface area contributed by atoms with Crippen LogP contribution in [0.25, 0.3) is 5.82 Å². The SMILES string of the molecule is CC(NC(=O)OC(C)(C)C)c1ncnn1-c1cnc(C#N)cn1. The molecule has 2 aromatic rings. The third-order valence-corrected chi connectivity index (χ3v) is 2.66. The predicted octanol–water partition coefficient (Wildman–Crippen LogP) is 1.51. The zero-order chi connectivity index (χ0) is 17.0. The summed E-state index contributed by atoms with van der Waals surface area (Å²) in [5.74, 6) is 0.865. The van der Waals surface area contributed by atoms with Crippen LogP contribution in [-0.2, 0) is 4.74 Å². The third-order valence-electron chi connectivity index (χ3n) is 2.66. The average molecular weight is 315 g/mol. The van der Waals surface area contributed by atoms with E-state index in [9.17, 15) is 4.79 Å². The molecule has 2 aromatic heterocycles. The molecule has 23 heavy (non-hydrogen) atoms. The van der Waals surface area contributed by atoms with E-state index in [1.807, 2.05) is 6.07 Å². The first-order chi connectivity index (χ1) is 10.8. The average Bonchev–Trinajstić information content (AvgIpc) is 2.94. The van der Waals surface area contributed by atoms with Crippen molar-refractivity contribution < 1.29 is 9.53 Å². The molecule has 1 atom stereocenters. The van der Waals surface area contributed by atoms with Gasteiger partial charge in [0.25, 0.3) is 0 Å². The number of nitriles is 1. The van der Waals surface area contributed by atoms with E-state index in [4.69, 9.17) is 10.00 Å². The molecule has 0 saturated carbocycles. The number of aromatic nitrogens is 5. The van der Waals surface area contributed by atoms with Gasteiger partial charge in [-0.3, -0.25) is 0 Å². The lowest BCUT2D eigenvalue weighted by Crippen LogP contribution is -2.35. The molecule has 120 valence electrons. The smallest absolute Gasteiger partial charge is 0.408 e. The lowest BCUT2D eigenvalue weighted by atomic mass is 10.2. The fourth-order valence-electron chi connectivity index (χ4n) is 1.76. The van der Waals surface area contributed by atoms with Crippen LogP contribution in [0.4, 0.5) is 4.79 Å². The molecular weight excluding hydrogens is 298 g/mol. The Morgan fingerprint density at radius 1 is 1.35 bits per heavy atom. The van der Waals surface area contributed by atoms with Gasteiger partial charge in [0.15, 0.2) is 17.3 Å². The quantitative estimate of drug-likeness (QED) is 0.911. The molecule has 0 aliphatic rings. The Morgan fingerprint density at radius 2 is 2.09 bits per heavy atom. The fourth-order valence-corrected chi connectivity index (χ4v) is 1.76. The molecule has 0 aliphatic heterocycles. The summed E-state index contributed by atoms with van der Waals surface area (Å²) in [7, 11) is 0. The van der Waals surface area contributed by atoms with Crippen molar-refractivity contribution >= 4 is 6.09 Å². The molecule has 2 rings (SSSR count). The number of hydrogen-bond donors (Lipinski definition) is 1. The van der Waals surface area contributed by atoms with E-state index in [2.05, 4.69) is 25.4 Å². The van der Waals surface area contributed by atoms with Gasteiger partial charge in [0.05, 0.1) is 18.4 Å². The zero-order valence-electron chi connectivity index (χ0n) is 13.3. The van der Waals surface area contributed by atoms with Gasteiger partial charge in [-0.05, 0) is 27.7 Å². The maximum absolute atomic E-state index is 11.8. The first kappa shape index (κ1) is 16.4. The number of carbonyl (C=O) groups excluding carboxylic acids is 1. The minimum Gasteiger partial charge on any atom is -0.444 e. The summed E-state index contributed by atoms with van der Waals surface area (Å²) in [6, 6.07) is 1.44. The molecule has 1 N–H and O–H groups in total. The highest BCUT2D eigenvalue weighted by molar-refractivity contribution is 5.68. The van der Waals surface area contributed by atoms with Gasteiger partial charge in [0, 0.05) is 0 Å². The molecule has 0 fully saturated rings. The maximum Gasteiger partial charge on any atom is 0.408 e. The summed E-state index contributed by atoms with van der Waals surface area (Å²) in [4.78, 5) is 24.0. The number of ether oxygens (including phenoxy) is 1. The van der Waals surface area contributed by atoms with Crippen molar-refractivity contribution in [3.05, 3.63) is 30.2 Å². The summed E-state index contributed by atoms with van der Waals surface area (Å²) < 4.78 is 6.65. The van der Waals surface area contributed by atoms with Gasteiger partial charge >= 0.3 is 6.09 Å². The predicted molar refractivity (Wildman–Crippen MR) is 79.4 cm³/mol. The summed E-state index contributed by atoms with van der Waals surface area (Å²) >= 11 is 0. The summed E-state index contributed by atoms with van der Waals surface area (Å²) in [5.41, 5.74) is -0.383. The van der Waals surface area contributed by atoms with Crippen molar-refractivity contribution in [3.8, 4) is 11.9 Å². The summed E-state index contributed by atoms with van der Waals surface area (Å²) in [6.45, 7) is 7.10. The highest BCUT2D eigenvalue weighted by Gasteiger charge is 2.21. The van der Waals surface area contributed by atoms with Crippen LogP contribution in [0.15, 0.2) is 18.7 Å². The van der Waals surface area contributed by atoms with Crippen LogP contribution in [0.1, 0.15) is 45.3 Å². The van der Waals surface area contributed by atoms with Gasteiger partial charge in [-0.1, -0.05) is 0 Å². The van der Waals surface area contributed by atoms with Crippen LogP contribution in [0.3, 0.4) is 0 Å². The Balaban J connectivity index is 2.16. The van der Waals surface area contributed by atoms with Crippen molar-refractivity contribution in [2.75, 3.05) is 0 Å². The van der Waals surface area contributed by atoms with Crippen LogP contribution in [0.5, 0.6) is 0 Å². The molecule has 0 spiro atoms. The number of rotatable bonds is 3. The Hall–Kier alpha value is -3.02. The molecule has 0 bridgehead atoms. The number of hydrogen-bond acceptors (Lipinski definition) is 7. The second-order valence-corrected chi connectivity index (χ2v) is 5.77. The van der Waals surface area contributed by atoms with Gasteiger partial charge in [-0.25, -0.2) is 19.7 Å². The standard InChI is InChI=1S/C14H17N7O2/c1-9(20-13(22)23-14(2,3)4)12-18-8-19-21(12)11-7-16-10(5-15)6-17-11/h6-9H,1-4H3,(H,20,22). The minimum absolute atomic E-state index is 0.204. The fraction of sp³-hybridized carbons (Fsp3) is 0.429. The molecule has 2 heterocycles. The number of nitrogens with zero attached hydrogens (tertiary/aromatic N) is 6. The van der Waals surface area contributed by atoms with Gasteiger partial charge in [0.2, 0.25) is 0 Å². The van der Waals surface area contributed by atoms with Crippen molar-refractivity contribution in [2.24, 2.45) is 0 Å². The van der Waals surface area contributed by atoms with Gasteiger partial charge < -0.3 is 10.1 Å². The molecule has 0 aromatic carbocycles. The first-order valence-electron chi connectivity index (χ1n) is 6.92. The van der Waals surface area contributed by atoms with Gasteiger partial charge in [-0.2, -0.15) is 15.0 Å². The number of nitrogens with one attached hydrogen (secondary N) is 1. The Labute approximate surface area is 133 Å². The molecule has 0 saturated heterocycles. The zero-order valence-corrected chi connectivity index (χ0v) is 13.3. The molecular formula is C14H17N7O2. The van der Waals surface area contributed by atoms with E-state index in [0.717, 1.165) is 0 Å². The van der Waals surface area contributed by atoms with Crippen molar-refractivity contribution in [1.29, 1.82) is 5.26 Å². The Kier molecular flexibility index (Phi) is 4.55. The van der Waals surface area contributed by atoms with Crippen molar-refractivity contribution in [3.63, 3.8) is 0 Å². The minimum atomic E-state index is -0.587. The van der Waals surface area contributed by atoms with Crippen LogP contribution in [0.2, 0.25) is 0 Å². The second-order valence-electron chi connectivity index (χ2n) is 5.77. The lowest BCUT2D eigenvalue weighted by molar-refractivity contribution is 0.0505. The van der Waals surface area contributed by atoms with E-state index in [1.165, 1.54) is 23.4 Å². The van der Waals surface area contributed by atoms with Crippen LogP contribution < -0.4 is 5.32 Å². The van der Waals surface area contributed by atoms with Gasteiger partial charge in [0.1, 0.15) is 18.0 Å². The second kappa shape index (κ2) is 6.39. The van der Waals surface area contributed by atoms with E-state index in [-0.39, 0.29) is 5.69 Å². The van der Waals surface area contributed by atoms with Crippen LogP contribution >= 0.6 is 0 Å². The molecule has 1 amide bonds.